The highest BCUT2D eigenvalue weighted by molar-refractivity contribution is 5.90. The summed E-state index contributed by atoms with van der Waals surface area (Å²) in [6, 6.07) is 3.04. The van der Waals surface area contributed by atoms with Crippen molar-refractivity contribution < 1.29 is 18.3 Å². The number of esters is 1. The van der Waals surface area contributed by atoms with Gasteiger partial charge in [-0.3, -0.25) is 4.98 Å². The van der Waals surface area contributed by atoms with Crippen molar-refractivity contribution in [3.8, 4) is 5.69 Å². The lowest BCUT2D eigenvalue weighted by molar-refractivity contribution is 0.0514. The van der Waals surface area contributed by atoms with E-state index in [9.17, 15) is 13.6 Å². The molecular weight excluding hydrogens is 256 g/mol. The molecule has 2 aromatic heterocycles. The van der Waals surface area contributed by atoms with E-state index in [-0.39, 0.29) is 12.2 Å². The number of aromatic nitrogens is 3. The first-order valence-electron chi connectivity index (χ1n) is 5.58. The molecule has 100 valence electrons. The summed E-state index contributed by atoms with van der Waals surface area (Å²) >= 11 is 0. The molecular formula is C12H11F2N3O2. The van der Waals surface area contributed by atoms with Crippen molar-refractivity contribution in [2.75, 3.05) is 6.61 Å². The van der Waals surface area contributed by atoms with Crippen molar-refractivity contribution in [2.24, 2.45) is 0 Å². The Balaban J connectivity index is 2.49. The highest BCUT2D eigenvalue weighted by atomic mass is 19.3. The number of hydrogen-bond donors (Lipinski definition) is 0. The molecule has 0 amide bonds. The highest BCUT2D eigenvalue weighted by Crippen LogP contribution is 2.26. The molecule has 0 atom stereocenters. The zero-order valence-electron chi connectivity index (χ0n) is 10.1. The third kappa shape index (κ3) is 2.59. The number of carbonyl (C=O) groups is 1. The Morgan fingerprint density at radius 1 is 1.42 bits per heavy atom. The largest absolute Gasteiger partial charge is 0.462 e. The van der Waals surface area contributed by atoms with E-state index < -0.39 is 18.1 Å². The number of alkyl halides is 2. The lowest BCUT2D eigenvalue weighted by Gasteiger charge is -2.08. The standard InChI is InChI=1S/C12H11F2N3O2/c1-2-19-12(18)9-7-16-17(10(9)11(13)14)8-3-5-15-6-4-8/h3-7,11H,2H2,1H3. The Bertz CT molecular complexity index is 570. The molecule has 0 radical (unpaired) electrons. The monoisotopic (exact) mass is 267 g/mol. The summed E-state index contributed by atoms with van der Waals surface area (Å²) in [4.78, 5) is 15.4. The van der Waals surface area contributed by atoms with Gasteiger partial charge in [-0.15, -0.1) is 0 Å². The smallest absolute Gasteiger partial charge is 0.341 e. The molecule has 7 heteroatoms. The molecule has 0 aromatic carbocycles. The fourth-order valence-corrected chi connectivity index (χ4v) is 1.63. The number of ether oxygens (including phenoxy) is 1. The lowest BCUT2D eigenvalue weighted by Crippen LogP contribution is -2.10. The minimum Gasteiger partial charge on any atom is -0.462 e. The number of rotatable bonds is 4. The minimum absolute atomic E-state index is 0.113. The van der Waals surface area contributed by atoms with Gasteiger partial charge in [0.15, 0.2) is 0 Å². The molecule has 19 heavy (non-hydrogen) atoms. The molecule has 0 aliphatic carbocycles. The predicted molar refractivity (Wildman–Crippen MR) is 62.3 cm³/mol. The van der Waals surface area contributed by atoms with Gasteiger partial charge in [-0.05, 0) is 19.1 Å². The van der Waals surface area contributed by atoms with Crippen LogP contribution in [0, 0.1) is 0 Å². The van der Waals surface area contributed by atoms with Crippen molar-refractivity contribution in [3.05, 3.63) is 42.0 Å². The summed E-state index contributed by atoms with van der Waals surface area (Å²) in [5.41, 5.74) is -0.306. The van der Waals surface area contributed by atoms with Gasteiger partial charge in [-0.25, -0.2) is 18.3 Å². The summed E-state index contributed by atoms with van der Waals surface area (Å²) in [5, 5.41) is 3.82. The molecule has 5 nitrogen and oxygen atoms in total. The van der Waals surface area contributed by atoms with Gasteiger partial charge in [-0.1, -0.05) is 0 Å². The van der Waals surface area contributed by atoms with E-state index in [4.69, 9.17) is 4.74 Å². The molecule has 0 fully saturated rings. The minimum atomic E-state index is -2.84. The average Bonchev–Trinajstić information content (AvgIpc) is 2.85. The average molecular weight is 267 g/mol. The normalized spacial score (nSPS) is 10.7. The van der Waals surface area contributed by atoms with Gasteiger partial charge in [0.05, 0.1) is 18.5 Å². The van der Waals surface area contributed by atoms with Gasteiger partial charge in [0, 0.05) is 12.4 Å². The van der Waals surface area contributed by atoms with E-state index in [1.807, 2.05) is 0 Å². The van der Waals surface area contributed by atoms with Crippen LogP contribution in [0.3, 0.4) is 0 Å². The second kappa shape index (κ2) is 5.55. The van der Waals surface area contributed by atoms with Crippen LogP contribution >= 0.6 is 0 Å². The van der Waals surface area contributed by atoms with E-state index in [0.717, 1.165) is 10.9 Å². The summed E-state index contributed by atoms with van der Waals surface area (Å²) < 4.78 is 32.0. The molecule has 0 N–H and O–H groups in total. The maximum atomic E-state index is 13.1. The molecule has 0 saturated carbocycles. The van der Waals surface area contributed by atoms with Crippen LogP contribution in [0.1, 0.15) is 29.4 Å². The van der Waals surface area contributed by atoms with Crippen LogP contribution in [0.15, 0.2) is 30.7 Å². The van der Waals surface area contributed by atoms with E-state index in [1.54, 1.807) is 6.92 Å². The second-order valence-electron chi connectivity index (χ2n) is 3.58. The van der Waals surface area contributed by atoms with Crippen LogP contribution < -0.4 is 0 Å². The van der Waals surface area contributed by atoms with Gasteiger partial charge < -0.3 is 4.74 Å². The van der Waals surface area contributed by atoms with Crippen molar-refractivity contribution in [3.63, 3.8) is 0 Å². The van der Waals surface area contributed by atoms with Gasteiger partial charge in [-0.2, -0.15) is 5.10 Å². The Kier molecular flexibility index (Phi) is 3.84. The number of hydrogen-bond acceptors (Lipinski definition) is 4. The van der Waals surface area contributed by atoms with Crippen LogP contribution in [0.4, 0.5) is 8.78 Å². The zero-order chi connectivity index (χ0) is 13.8. The van der Waals surface area contributed by atoms with Crippen molar-refractivity contribution >= 4 is 5.97 Å². The Labute approximate surface area is 107 Å². The molecule has 0 aliphatic heterocycles. The Morgan fingerprint density at radius 3 is 2.68 bits per heavy atom. The summed E-state index contributed by atoms with van der Waals surface area (Å²) in [6.07, 6.45) is 1.15. The highest BCUT2D eigenvalue weighted by Gasteiger charge is 2.26. The maximum Gasteiger partial charge on any atom is 0.341 e. The molecule has 0 unspecified atom stereocenters. The molecule has 0 bridgehead atoms. The van der Waals surface area contributed by atoms with Crippen LogP contribution in [0.2, 0.25) is 0 Å². The molecule has 2 heterocycles. The van der Waals surface area contributed by atoms with Crippen molar-refractivity contribution in [2.45, 2.75) is 13.3 Å². The van der Waals surface area contributed by atoms with Crippen LogP contribution in [0.25, 0.3) is 5.69 Å². The molecule has 0 saturated heterocycles. The zero-order valence-corrected chi connectivity index (χ0v) is 10.1. The van der Waals surface area contributed by atoms with Gasteiger partial charge >= 0.3 is 5.97 Å². The summed E-state index contributed by atoms with van der Waals surface area (Å²) in [5.74, 6) is -0.807. The van der Waals surface area contributed by atoms with Crippen LogP contribution in [-0.4, -0.2) is 27.3 Å². The number of carbonyl (C=O) groups excluding carboxylic acids is 1. The maximum absolute atomic E-state index is 13.1. The van der Waals surface area contributed by atoms with Crippen LogP contribution in [0.5, 0.6) is 0 Å². The SMILES string of the molecule is CCOC(=O)c1cnn(-c2ccncc2)c1C(F)F. The molecule has 2 aromatic rings. The predicted octanol–water partition coefficient (Wildman–Crippen LogP) is 2.38. The third-order valence-corrected chi connectivity index (χ3v) is 2.42. The second-order valence-corrected chi connectivity index (χ2v) is 3.58. The third-order valence-electron chi connectivity index (χ3n) is 2.42. The quantitative estimate of drug-likeness (QED) is 0.798. The summed E-state index contributed by atoms with van der Waals surface area (Å²) in [7, 11) is 0. The van der Waals surface area contributed by atoms with Gasteiger partial charge in [0.2, 0.25) is 0 Å². The van der Waals surface area contributed by atoms with Crippen LogP contribution in [-0.2, 0) is 4.74 Å². The van der Waals surface area contributed by atoms with E-state index in [2.05, 4.69) is 10.1 Å². The van der Waals surface area contributed by atoms with Gasteiger partial charge in [0.25, 0.3) is 6.43 Å². The van der Waals surface area contributed by atoms with E-state index in [1.165, 1.54) is 24.5 Å². The first-order chi connectivity index (χ1) is 9.15. The first-order valence-corrected chi connectivity index (χ1v) is 5.58. The van der Waals surface area contributed by atoms with Crippen molar-refractivity contribution in [1.82, 2.24) is 14.8 Å². The Hall–Kier alpha value is -2.31. The molecule has 0 aliphatic rings. The van der Waals surface area contributed by atoms with Crippen molar-refractivity contribution in [1.29, 1.82) is 0 Å². The number of halogens is 2. The topological polar surface area (TPSA) is 57.0 Å². The number of nitrogens with zero attached hydrogens (tertiary/aromatic N) is 3. The molecule has 0 spiro atoms. The lowest BCUT2D eigenvalue weighted by atomic mass is 10.2. The Morgan fingerprint density at radius 2 is 2.11 bits per heavy atom. The number of pyridine rings is 1. The fourth-order valence-electron chi connectivity index (χ4n) is 1.63. The van der Waals surface area contributed by atoms with Gasteiger partial charge in [0.1, 0.15) is 11.3 Å². The fraction of sp³-hybridized carbons (Fsp3) is 0.250. The van der Waals surface area contributed by atoms with E-state index in [0.29, 0.717) is 5.69 Å². The van der Waals surface area contributed by atoms with E-state index >= 15 is 0 Å². The first kappa shape index (κ1) is 13.1. The summed E-state index contributed by atoms with van der Waals surface area (Å²) in [6.45, 7) is 1.72. The molecule has 2 rings (SSSR count).